The number of ether oxygens (including phenoxy) is 1. The van der Waals surface area contributed by atoms with Crippen LogP contribution in [0.3, 0.4) is 0 Å². The molecule has 1 N–H and O–H groups in total. The van der Waals surface area contributed by atoms with Crippen LogP contribution in [0.4, 0.5) is 0 Å². The molecule has 160 valence electrons. The first-order valence-electron chi connectivity index (χ1n) is 10.6. The minimum Gasteiger partial charge on any atom is -0.368 e. The molecule has 1 unspecified atom stereocenters. The number of nitrogens with zero attached hydrogens (tertiary/aromatic N) is 3. The summed E-state index contributed by atoms with van der Waals surface area (Å²) in [6.45, 7) is 4.82. The van der Waals surface area contributed by atoms with E-state index in [9.17, 15) is 4.79 Å². The van der Waals surface area contributed by atoms with E-state index in [0.717, 1.165) is 64.6 Å². The van der Waals surface area contributed by atoms with E-state index in [2.05, 4.69) is 45.5 Å². The zero-order chi connectivity index (χ0) is 19.4. The van der Waals surface area contributed by atoms with Gasteiger partial charge in [-0.05, 0) is 43.1 Å². The van der Waals surface area contributed by atoms with E-state index in [1.165, 1.54) is 18.4 Å². The average molecular weight is 512 g/mol. The molecule has 1 amide bonds. The summed E-state index contributed by atoms with van der Waals surface area (Å²) < 4.78 is 5.55. The molecule has 4 rings (SSSR count). The van der Waals surface area contributed by atoms with E-state index in [1.807, 2.05) is 11.9 Å². The molecule has 0 bridgehead atoms. The monoisotopic (exact) mass is 512 g/mol. The van der Waals surface area contributed by atoms with Gasteiger partial charge >= 0.3 is 0 Å². The zero-order valence-electron chi connectivity index (χ0n) is 17.3. The number of nitrogens with one attached hydrogen (secondary N) is 1. The van der Waals surface area contributed by atoms with Crippen molar-refractivity contribution in [3.8, 4) is 0 Å². The molecule has 7 heteroatoms. The first kappa shape index (κ1) is 22.3. The van der Waals surface area contributed by atoms with Gasteiger partial charge in [-0.25, -0.2) is 0 Å². The lowest BCUT2D eigenvalue weighted by Crippen LogP contribution is -2.55. The molecular weight excluding hydrogens is 479 g/mol. The van der Waals surface area contributed by atoms with Crippen molar-refractivity contribution in [2.24, 2.45) is 10.4 Å². The fourth-order valence-corrected chi connectivity index (χ4v) is 4.34. The summed E-state index contributed by atoms with van der Waals surface area (Å²) in [6.07, 6.45) is 5.33. The topological polar surface area (TPSA) is 57.2 Å². The van der Waals surface area contributed by atoms with Crippen molar-refractivity contribution in [3.63, 3.8) is 0 Å². The lowest BCUT2D eigenvalue weighted by molar-refractivity contribution is -0.142. The summed E-state index contributed by atoms with van der Waals surface area (Å²) in [5.74, 6) is 1.13. The summed E-state index contributed by atoms with van der Waals surface area (Å²) in [7, 11) is 1.85. The van der Waals surface area contributed by atoms with Gasteiger partial charge in [0.1, 0.15) is 6.10 Å². The summed E-state index contributed by atoms with van der Waals surface area (Å²) in [4.78, 5) is 21.3. The van der Waals surface area contributed by atoms with Crippen molar-refractivity contribution in [1.82, 2.24) is 15.1 Å². The van der Waals surface area contributed by atoms with Gasteiger partial charge in [-0.3, -0.25) is 9.79 Å². The summed E-state index contributed by atoms with van der Waals surface area (Å²) >= 11 is 0. The van der Waals surface area contributed by atoms with E-state index >= 15 is 0 Å². The number of hydrogen-bond acceptors (Lipinski definition) is 3. The molecule has 0 radical (unpaired) electrons. The molecule has 0 aromatic heterocycles. The maximum Gasteiger partial charge on any atom is 0.251 e. The van der Waals surface area contributed by atoms with Gasteiger partial charge in [-0.15, -0.1) is 24.0 Å². The third-order valence-electron chi connectivity index (χ3n) is 6.31. The number of piperazine rings is 1. The Hall–Kier alpha value is -1.35. The van der Waals surface area contributed by atoms with Gasteiger partial charge in [0.15, 0.2) is 5.96 Å². The highest BCUT2D eigenvalue weighted by Crippen LogP contribution is 2.47. The molecule has 3 aliphatic rings. The van der Waals surface area contributed by atoms with Gasteiger partial charge in [0.2, 0.25) is 0 Å². The average Bonchev–Trinajstić information content (AvgIpc) is 3.27. The van der Waals surface area contributed by atoms with Gasteiger partial charge < -0.3 is 19.9 Å². The highest BCUT2D eigenvalue weighted by atomic mass is 127. The molecule has 3 fully saturated rings. The van der Waals surface area contributed by atoms with Gasteiger partial charge in [0.05, 0.1) is 0 Å². The Kier molecular flexibility index (Phi) is 7.79. The predicted molar refractivity (Wildman–Crippen MR) is 126 cm³/mol. The van der Waals surface area contributed by atoms with Crippen LogP contribution in [0, 0.1) is 5.41 Å². The highest BCUT2D eigenvalue weighted by molar-refractivity contribution is 14.0. The standard InChI is InChI=1S/C22H32N4O2.HI/c1-23-21(24-17-22(9-10-22)16-18-6-3-2-4-7-18)26-13-11-25(12-14-26)20(27)19-8-5-15-28-19;/h2-4,6-7,19H,5,8-17H2,1H3,(H,23,24);1H. The second-order valence-electron chi connectivity index (χ2n) is 8.38. The molecule has 0 spiro atoms. The van der Waals surface area contributed by atoms with Crippen molar-refractivity contribution in [2.75, 3.05) is 46.4 Å². The molecule has 1 aliphatic carbocycles. The molecule has 29 heavy (non-hydrogen) atoms. The van der Waals surface area contributed by atoms with E-state index in [0.29, 0.717) is 5.41 Å². The maximum absolute atomic E-state index is 12.5. The fourth-order valence-electron chi connectivity index (χ4n) is 4.34. The van der Waals surface area contributed by atoms with Crippen LogP contribution < -0.4 is 5.32 Å². The van der Waals surface area contributed by atoms with Crippen LogP contribution in [0.2, 0.25) is 0 Å². The van der Waals surface area contributed by atoms with Crippen molar-refractivity contribution < 1.29 is 9.53 Å². The number of guanidine groups is 1. The van der Waals surface area contributed by atoms with Crippen LogP contribution in [0.5, 0.6) is 0 Å². The van der Waals surface area contributed by atoms with E-state index < -0.39 is 0 Å². The van der Waals surface area contributed by atoms with E-state index in [1.54, 1.807) is 0 Å². The van der Waals surface area contributed by atoms with Crippen LogP contribution in [0.15, 0.2) is 35.3 Å². The number of hydrogen-bond donors (Lipinski definition) is 1. The lowest BCUT2D eigenvalue weighted by atomic mass is 9.96. The number of carbonyl (C=O) groups is 1. The Morgan fingerprint density at radius 3 is 2.45 bits per heavy atom. The summed E-state index contributed by atoms with van der Waals surface area (Å²) in [5.41, 5.74) is 1.78. The number of carbonyl (C=O) groups excluding carboxylic acids is 1. The fraction of sp³-hybridized carbons (Fsp3) is 0.636. The number of benzene rings is 1. The molecule has 1 aromatic carbocycles. The second-order valence-corrected chi connectivity index (χ2v) is 8.38. The molecule has 1 aromatic rings. The maximum atomic E-state index is 12.5. The number of aliphatic imine (C=N–C) groups is 1. The Balaban J connectivity index is 0.00000240. The molecule has 2 heterocycles. The smallest absolute Gasteiger partial charge is 0.251 e. The molecule has 1 saturated carbocycles. The van der Waals surface area contributed by atoms with Crippen molar-refractivity contribution in [3.05, 3.63) is 35.9 Å². The first-order chi connectivity index (χ1) is 13.7. The largest absolute Gasteiger partial charge is 0.368 e. The summed E-state index contributed by atoms with van der Waals surface area (Å²) in [5, 5.41) is 3.61. The molecule has 2 aliphatic heterocycles. The molecule has 1 atom stereocenters. The SMILES string of the molecule is CN=C(NCC1(Cc2ccccc2)CC1)N1CCN(C(=O)C2CCCO2)CC1.I. The Morgan fingerprint density at radius 1 is 1.17 bits per heavy atom. The van der Waals surface area contributed by atoms with Crippen LogP contribution in [0.1, 0.15) is 31.2 Å². The third-order valence-corrected chi connectivity index (χ3v) is 6.31. The van der Waals surface area contributed by atoms with Crippen LogP contribution in [-0.4, -0.2) is 74.1 Å². The predicted octanol–water partition coefficient (Wildman–Crippen LogP) is 2.53. The Morgan fingerprint density at radius 2 is 1.86 bits per heavy atom. The van der Waals surface area contributed by atoms with Gasteiger partial charge in [0, 0.05) is 46.4 Å². The number of amides is 1. The minimum atomic E-state index is -0.211. The number of halogens is 1. The second kappa shape index (κ2) is 10.1. The molecule has 2 saturated heterocycles. The van der Waals surface area contributed by atoms with Crippen molar-refractivity contribution in [1.29, 1.82) is 0 Å². The zero-order valence-corrected chi connectivity index (χ0v) is 19.6. The van der Waals surface area contributed by atoms with Crippen molar-refractivity contribution >= 4 is 35.8 Å². The Bertz CT molecular complexity index is 694. The van der Waals surface area contributed by atoms with Crippen LogP contribution in [-0.2, 0) is 16.0 Å². The van der Waals surface area contributed by atoms with E-state index in [4.69, 9.17) is 4.74 Å². The quantitative estimate of drug-likeness (QED) is 0.375. The molecule has 6 nitrogen and oxygen atoms in total. The van der Waals surface area contributed by atoms with Gasteiger partial charge in [0.25, 0.3) is 5.91 Å². The van der Waals surface area contributed by atoms with E-state index in [-0.39, 0.29) is 36.0 Å². The summed E-state index contributed by atoms with van der Waals surface area (Å²) in [6, 6.07) is 10.8. The number of rotatable bonds is 5. The van der Waals surface area contributed by atoms with Crippen molar-refractivity contribution in [2.45, 2.75) is 38.2 Å². The minimum absolute atomic E-state index is 0. The van der Waals surface area contributed by atoms with Crippen LogP contribution >= 0.6 is 24.0 Å². The highest BCUT2D eigenvalue weighted by Gasteiger charge is 2.42. The lowest BCUT2D eigenvalue weighted by Gasteiger charge is -2.37. The third kappa shape index (κ3) is 5.63. The molecular formula is C22H33IN4O2. The Labute approximate surface area is 191 Å². The van der Waals surface area contributed by atoms with Gasteiger partial charge in [-0.2, -0.15) is 0 Å². The first-order valence-corrected chi connectivity index (χ1v) is 10.6. The van der Waals surface area contributed by atoms with Crippen LogP contribution in [0.25, 0.3) is 0 Å². The normalized spacial score (nSPS) is 23.5. The van der Waals surface area contributed by atoms with Gasteiger partial charge in [-0.1, -0.05) is 30.3 Å².